The maximum absolute atomic E-state index is 13.2. The summed E-state index contributed by atoms with van der Waals surface area (Å²) >= 11 is 0. The molecule has 0 radical (unpaired) electrons. The fourth-order valence-electron chi connectivity index (χ4n) is 4.83. The van der Waals surface area contributed by atoms with Crippen LogP contribution in [0.5, 0.6) is 0 Å². The first kappa shape index (κ1) is 18.7. The van der Waals surface area contributed by atoms with E-state index < -0.39 is 0 Å². The Hall–Kier alpha value is -2.66. The number of fused-ring (bicyclic) bond motifs is 3. The standard InChI is InChI=1S/C23H27N3O2/c1-3-5-16-7-8-20-19(12-16)23-18(21(15-27)25(20)2)9-11-26(23)22(28)13-17-6-4-10-24-14-17/h3-8,10,12,14,18,21,23,27H,9,11,13,15H2,1-2H3/b5-3+/t18-,21+,23-/m1/s1. The number of aliphatic hydroxyl groups is 1. The lowest BCUT2D eigenvalue weighted by Crippen LogP contribution is -2.48. The van der Waals surface area contributed by atoms with Crippen molar-refractivity contribution in [3.8, 4) is 0 Å². The molecule has 2 aliphatic heterocycles. The number of benzene rings is 1. The number of aromatic nitrogens is 1. The van der Waals surface area contributed by atoms with E-state index >= 15 is 0 Å². The van der Waals surface area contributed by atoms with Crippen molar-refractivity contribution in [2.45, 2.75) is 31.8 Å². The van der Waals surface area contributed by atoms with E-state index in [9.17, 15) is 9.90 Å². The van der Waals surface area contributed by atoms with Gasteiger partial charge in [0, 0.05) is 37.6 Å². The molecule has 1 N–H and O–H groups in total. The van der Waals surface area contributed by atoms with Gasteiger partial charge in [0.25, 0.3) is 0 Å². The molecule has 0 spiro atoms. The number of pyridine rings is 1. The topological polar surface area (TPSA) is 56.7 Å². The lowest BCUT2D eigenvalue weighted by Gasteiger charge is -2.44. The number of rotatable bonds is 4. The molecule has 0 bridgehead atoms. The van der Waals surface area contributed by atoms with Gasteiger partial charge in [-0.3, -0.25) is 9.78 Å². The van der Waals surface area contributed by atoms with Gasteiger partial charge in [0.05, 0.1) is 25.1 Å². The van der Waals surface area contributed by atoms with Crippen LogP contribution in [0.3, 0.4) is 0 Å². The molecular formula is C23H27N3O2. The molecule has 1 aromatic heterocycles. The predicted octanol–water partition coefficient (Wildman–Crippen LogP) is 3.06. The van der Waals surface area contributed by atoms with Crippen LogP contribution in [0.25, 0.3) is 6.08 Å². The number of likely N-dealkylation sites (N-methyl/N-ethyl adjacent to an activating group) is 1. The molecule has 5 heteroatoms. The molecule has 0 saturated carbocycles. The normalized spacial score (nSPS) is 23.8. The highest BCUT2D eigenvalue weighted by molar-refractivity contribution is 5.80. The second-order valence-electron chi connectivity index (χ2n) is 7.70. The van der Waals surface area contributed by atoms with Gasteiger partial charge in [0.15, 0.2) is 0 Å². The molecule has 2 aliphatic rings. The van der Waals surface area contributed by atoms with Gasteiger partial charge in [0.2, 0.25) is 5.91 Å². The van der Waals surface area contributed by atoms with Gasteiger partial charge in [-0.1, -0.05) is 24.3 Å². The molecule has 1 fully saturated rings. The Labute approximate surface area is 166 Å². The summed E-state index contributed by atoms with van der Waals surface area (Å²) in [4.78, 5) is 21.5. The summed E-state index contributed by atoms with van der Waals surface area (Å²) in [6, 6.07) is 10.3. The third-order valence-corrected chi connectivity index (χ3v) is 6.13. The lowest BCUT2D eigenvalue weighted by molar-refractivity contribution is -0.132. The predicted molar refractivity (Wildman–Crippen MR) is 111 cm³/mol. The van der Waals surface area contributed by atoms with E-state index in [2.05, 4.69) is 34.2 Å². The minimum Gasteiger partial charge on any atom is -0.394 e. The van der Waals surface area contributed by atoms with Crippen LogP contribution in [0.15, 0.2) is 48.8 Å². The number of hydrogen-bond acceptors (Lipinski definition) is 4. The van der Waals surface area contributed by atoms with Gasteiger partial charge >= 0.3 is 0 Å². The zero-order valence-electron chi connectivity index (χ0n) is 16.5. The van der Waals surface area contributed by atoms with Crippen molar-refractivity contribution in [3.05, 3.63) is 65.5 Å². The van der Waals surface area contributed by atoms with Crippen molar-refractivity contribution >= 4 is 17.7 Å². The summed E-state index contributed by atoms with van der Waals surface area (Å²) in [7, 11) is 2.05. The van der Waals surface area contributed by atoms with Crippen LogP contribution >= 0.6 is 0 Å². The SMILES string of the molecule is C/C=C/c1ccc2c(c1)[C@H]1[C@H](CCN1C(=O)Cc1cccnc1)[C@H](CO)N2C. The maximum atomic E-state index is 13.2. The van der Waals surface area contributed by atoms with Crippen LogP contribution in [-0.2, 0) is 11.2 Å². The first-order chi connectivity index (χ1) is 13.6. The zero-order chi connectivity index (χ0) is 19.7. The number of likely N-dealkylation sites (tertiary alicyclic amines) is 1. The quantitative estimate of drug-likeness (QED) is 0.890. The van der Waals surface area contributed by atoms with E-state index in [4.69, 9.17) is 0 Å². The van der Waals surface area contributed by atoms with Gasteiger partial charge in [-0.25, -0.2) is 0 Å². The van der Waals surface area contributed by atoms with E-state index in [1.807, 2.05) is 37.1 Å². The van der Waals surface area contributed by atoms with Crippen molar-refractivity contribution in [1.82, 2.24) is 9.88 Å². The Balaban J connectivity index is 1.71. The molecule has 0 aliphatic carbocycles. The van der Waals surface area contributed by atoms with Crippen molar-refractivity contribution in [2.75, 3.05) is 25.1 Å². The summed E-state index contributed by atoms with van der Waals surface area (Å²) in [6.45, 7) is 2.83. The van der Waals surface area contributed by atoms with Crippen molar-refractivity contribution < 1.29 is 9.90 Å². The number of nitrogens with zero attached hydrogens (tertiary/aromatic N) is 3. The maximum Gasteiger partial charge on any atom is 0.227 e. The molecule has 0 unspecified atom stereocenters. The van der Waals surface area contributed by atoms with E-state index in [-0.39, 0.29) is 30.5 Å². The van der Waals surface area contributed by atoms with E-state index in [1.165, 1.54) is 5.56 Å². The first-order valence-corrected chi connectivity index (χ1v) is 9.92. The monoisotopic (exact) mass is 377 g/mol. The highest BCUT2D eigenvalue weighted by atomic mass is 16.3. The second-order valence-corrected chi connectivity index (χ2v) is 7.70. The molecular weight excluding hydrogens is 350 g/mol. The number of hydrogen-bond donors (Lipinski definition) is 1. The van der Waals surface area contributed by atoms with Crippen LogP contribution < -0.4 is 4.90 Å². The summed E-state index contributed by atoms with van der Waals surface area (Å²) in [5.41, 5.74) is 4.37. The summed E-state index contributed by atoms with van der Waals surface area (Å²) in [6.07, 6.45) is 8.87. The molecule has 4 rings (SSSR count). The Morgan fingerprint density at radius 3 is 2.93 bits per heavy atom. The minimum absolute atomic E-state index is 0.0118. The molecule has 3 heterocycles. The second kappa shape index (κ2) is 7.76. The van der Waals surface area contributed by atoms with Crippen LogP contribution in [0, 0.1) is 5.92 Å². The number of carbonyl (C=O) groups is 1. The zero-order valence-corrected chi connectivity index (χ0v) is 16.5. The Bertz CT molecular complexity index is 881. The van der Waals surface area contributed by atoms with Crippen LogP contribution in [0.4, 0.5) is 5.69 Å². The van der Waals surface area contributed by atoms with Gasteiger partial charge in [-0.15, -0.1) is 0 Å². The molecule has 5 nitrogen and oxygen atoms in total. The molecule has 1 amide bonds. The third kappa shape index (κ3) is 3.20. The Kier molecular flexibility index (Phi) is 5.18. The third-order valence-electron chi connectivity index (χ3n) is 6.13. The average Bonchev–Trinajstić information content (AvgIpc) is 3.14. The number of allylic oxidation sites excluding steroid dienone is 1. The lowest BCUT2D eigenvalue weighted by atomic mass is 9.81. The largest absolute Gasteiger partial charge is 0.394 e. The van der Waals surface area contributed by atoms with E-state index in [0.717, 1.165) is 29.8 Å². The van der Waals surface area contributed by atoms with Gasteiger partial charge in [0.1, 0.15) is 0 Å². The van der Waals surface area contributed by atoms with Crippen LogP contribution in [0.1, 0.15) is 36.1 Å². The Morgan fingerprint density at radius 1 is 1.36 bits per heavy atom. The number of carbonyl (C=O) groups excluding carboxylic acids is 1. The van der Waals surface area contributed by atoms with Gasteiger partial charge in [-0.2, -0.15) is 0 Å². The smallest absolute Gasteiger partial charge is 0.227 e. The molecule has 2 aromatic rings. The summed E-state index contributed by atoms with van der Waals surface area (Å²) in [5, 5.41) is 10.1. The van der Waals surface area contributed by atoms with Crippen molar-refractivity contribution in [2.24, 2.45) is 5.92 Å². The summed E-state index contributed by atoms with van der Waals surface area (Å²) in [5.74, 6) is 0.366. The van der Waals surface area contributed by atoms with Crippen LogP contribution in [-0.4, -0.2) is 47.1 Å². The molecule has 146 valence electrons. The first-order valence-electron chi connectivity index (χ1n) is 9.92. The van der Waals surface area contributed by atoms with E-state index in [1.54, 1.807) is 12.4 Å². The number of aliphatic hydroxyl groups excluding tert-OH is 1. The minimum atomic E-state index is 0.0118. The highest BCUT2D eigenvalue weighted by Crippen LogP contribution is 2.48. The van der Waals surface area contributed by atoms with Crippen molar-refractivity contribution in [1.29, 1.82) is 0 Å². The fraction of sp³-hybridized carbons (Fsp3) is 0.391. The average molecular weight is 377 g/mol. The fourth-order valence-corrected chi connectivity index (χ4v) is 4.83. The summed E-state index contributed by atoms with van der Waals surface area (Å²) < 4.78 is 0. The molecule has 1 saturated heterocycles. The molecule has 3 atom stereocenters. The number of amides is 1. The van der Waals surface area contributed by atoms with Crippen molar-refractivity contribution in [3.63, 3.8) is 0 Å². The van der Waals surface area contributed by atoms with Crippen LogP contribution in [0.2, 0.25) is 0 Å². The van der Waals surface area contributed by atoms with Gasteiger partial charge < -0.3 is 14.9 Å². The molecule has 28 heavy (non-hydrogen) atoms. The number of anilines is 1. The molecule has 1 aromatic carbocycles. The van der Waals surface area contributed by atoms with E-state index in [0.29, 0.717) is 6.42 Å². The highest BCUT2D eigenvalue weighted by Gasteiger charge is 2.47. The van der Waals surface area contributed by atoms with Gasteiger partial charge in [-0.05, 0) is 48.2 Å². The Morgan fingerprint density at radius 2 is 2.21 bits per heavy atom.